The van der Waals surface area contributed by atoms with Crippen LogP contribution in [0.2, 0.25) is 15.1 Å². The number of nitrogens with one attached hydrogen (secondary N) is 2. The van der Waals surface area contributed by atoms with E-state index in [1.54, 1.807) is 53.4 Å². The Morgan fingerprint density at radius 1 is 1.00 bits per heavy atom. The third-order valence-electron chi connectivity index (χ3n) is 7.01. The number of anilines is 2. The van der Waals surface area contributed by atoms with Crippen molar-refractivity contribution >= 4 is 64.1 Å². The first-order valence-corrected chi connectivity index (χ1v) is 13.5. The van der Waals surface area contributed by atoms with Gasteiger partial charge in [0.05, 0.1) is 5.56 Å². The van der Waals surface area contributed by atoms with Crippen LogP contribution in [0.25, 0.3) is 0 Å². The van der Waals surface area contributed by atoms with Crippen molar-refractivity contribution in [2.75, 3.05) is 23.7 Å². The Bertz CT molecular complexity index is 1460. The van der Waals surface area contributed by atoms with E-state index in [4.69, 9.17) is 45.3 Å². The first kappa shape index (κ1) is 27.1. The molecular weight excluding hydrogens is 563 g/mol. The molecule has 3 aromatic rings. The third kappa shape index (κ3) is 5.64. The molecule has 2 aliphatic rings. The van der Waals surface area contributed by atoms with Crippen LogP contribution in [0.1, 0.15) is 34.3 Å². The van der Waals surface area contributed by atoms with Crippen LogP contribution < -0.4 is 16.4 Å². The molecule has 8 nitrogen and oxygen atoms in total. The zero-order valence-electron chi connectivity index (χ0n) is 20.7. The number of carbonyl (C=O) groups excluding carboxylic acids is 3. The second-order valence-electron chi connectivity index (χ2n) is 9.60. The molecule has 2 heterocycles. The summed E-state index contributed by atoms with van der Waals surface area (Å²) in [7, 11) is 0. The Kier molecular flexibility index (Phi) is 7.62. The van der Waals surface area contributed by atoms with Crippen molar-refractivity contribution in [1.82, 2.24) is 4.90 Å². The van der Waals surface area contributed by atoms with E-state index < -0.39 is 11.6 Å². The fourth-order valence-electron chi connectivity index (χ4n) is 5.19. The van der Waals surface area contributed by atoms with E-state index in [1.807, 2.05) is 12.1 Å². The minimum atomic E-state index is -1.29. The monoisotopic (exact) mass is 586 g/mol. The number of nitrogens with two attached hydrogens (primary N) is 1. The minimum Gasteiger partial charge on any atom is -0.446 e. The van der Waals surface area contributed by atoms with Gasteiger partial charge < -0.3 is 26.0 Å². The van der Waals surface area contributed by atoms with Crippen LogP contribution in [0, 0.1) is 0 Å². The highest BCUT2D eigenvalue weighted by molar-refractivity contribution is 6.32. The van der Waals surface area contributed by atoms with E-state index in [9.17, 15) is 14.4 Å². The molecule has 1 unspecified atom stereocenters. The highest BCUT2D eigenvalue weighted by Gasteiger charge is 2.47. The smallest absolute Gasteiger partial charge is 0.404 e. The van der Waals surface area contributed by atoms with Crippen molar-refractivity contribution in [3.63, 3.8) is 0 Å². The Morgan fingerprint density at radius 2 is 1.69 bits per heavy atom. The molecule has 1 saturated heterocycles. The van der Waals surface area contributed by atoms with Crippen LogP contribution in [-0.4, -0.2) is 42.0 Å². The lowest BCUT2D eigenvalue weighted by Crippen LogP contribution is -2.45. The van der Waals surface area contributed by atoms with Gasteiger partial charge in [0.2, 0.25) is 0 Å². The third-order valence-corrected chi connectivity index (χ3v) is 7.71. The fourth-order valence-corrected chi connectivity index (χ4v) is 5.74. The maximum atomic E-state index is 13.7. The SMILES string of the molecule is NC(=O)OC1CCN(C(=O)c2ccc(Cl)cc2NC2(Cc3cccc(Cl)c3)C(=O)Nc3cc(Cl)ccc32)CC1. The van der Waals surface area contributed by atoms with Crippen molar-refractivity contribution < 1.29 is 19.1 Å². The summed E-state index contributed by atoms with van der Waals surface area (Å²) in [5.74, 6) is -0.540. The average molecular weight is 588 g/mol. The second kappa shape index (κ2) is 11.0. The van der Waals surface area contributed by atoms with Gasteiger partial charge in [-0.25, -0.2) is 4.79 Å². The quantitative estimate of drug-likeness (QED) is 0.335. The van der Waals surface area contributed by atoms with Crippen LogP contribution >= 0.6 is 34.8 Å². The van der Waals surface area contributed by atoms with Crippen molar-refractivity contribution in [3.8, 4) is 0 Å². The lowest BCUT2D eigenvalue weighted by molar-refractivity contribution is -0.119. The maximum Gasteiger partial charge on any atom is 0.404 e. The van der Waals surface area contributed by atoms with Gasteiger partial charge in [-0.1, -0.05) is 53.0 Å². The Morgan fingerprint density at radius 3 is 2.41 bits per heavy atom. The zero-order chi connectivity index (χ0) is 27.7. The van der Waals surface area contributed by atoms with Crippen LogP contribution in [0.15, 0.2) is 60.7 Å². The van der Waals surface area contributed by atoms with E-state index in [-0.39, 0.29) is 24.3 Å². The van der Waals surface area contributed by atoms with Gasteiger partial charge in [-0.2, -0.15) is 0 Å². The summed E-state index contributed by atoms with van der Waals surface area (Å²) in [6, 6.07) is 17.4. The first-order valence-electron chi connectivity index (χ1n) is 12.3. The number of ether oxygens (including phenoxy) is 1. The maximum absolute atomic E-state index is 13.7. The lowest BCUT2D eigenvalue weighted by atomic mass is 9.84. The van der Waals surface area contributed by atoms with Crippen LogP contribution in [0.5, 0.6) is 0 Å². The molecule has 2 aliphatic heterocycles. The van der Waals surface area contributed by atoms with Crippen molar-refractivity contribution in [1.29, 1.82) is 0 Å². The molecule has 0 aromatic heterocycles. The number of hydrogen-bond acceptors (Lipinski definition) is 5. The van der Waals surface area contributed by atoms with E-state index >= 15 is 0 Å². The van der Waals surface area contributed by atoms with Gasteiger partial charge >= 0.3 is 6.09 Å². The van der Waals surface area contributed by atoms with Crippen LogP contribution in [0.4, 0.5) is 16.2 Å². The summed E-state index contributed by atoms with van der Waals surface area (Å²) in [6.07, 6.45) is 0.0242. The molecule has 3 aromatic carbocycles. The predicted molar refractivity (Wildman–Crippen MR) is 152 cm³/mol. The molecule has 39 heavy (non-hydrogen) atoms. The molecule has 0 saturated carbocycles. The number of benzene rings is 3. The molecule has 202 valence electrons. The summed E-state index contributed by atoms with van der Waals surface area (Å²) < 4.78 is 5.09. The van der Waals surface area contributed by atoms with Gasteiger partial charge in [0, 0.05) is 64.4 Å². The molecule has 1 atom stereocenters. The van der Waals surface area contributed by atoms with E-state index in [0.29, 0.717) is 63.5 Å². The fraction of sp³-hybridized carbons (Fsp3) is 0.250. The first-order chi connectivity index (χ1) is 18.6. The molecule has 1 fully saturated rings. The summed E-state index contributed by atoms with van der Waals surface area (Å²) in [5, 5.41) is 7.75. The van der Waals surface area contributed by atoms with Gasteiger partial charge in [0.25, 0.3) is 11.8 Å². The van der Waals surface area contributed by atoms with Gasteiger partial charge in [-0.05, 0) is 48.0 Å². The van der Waals surface area contributed by atoms with Crippen molar-refractivity contribution in [3.05, 3.63) is 92.4 Å². The molecule has 11 heteroatoms. The number of likely N-dealkylation sites (tertiary alicyclic amines) is 1. The van der Waals surface area contributed by atoms with Crippen LogP contribution in [-0.2, 0) is 21.5 Å². The summed E-state index contributed by atoms with van der Waals surface area (Å²) in [6.45, 7) is 0.767. The van der Waals surface area contributed by atoms with Crippen molar-refractivity contribution in [2.45, 2.75) is 30.9 Å². The molecule has 0 radical (unpaired) electrons. The number of fused-ring (bicyclic) bond motifs is 1. The topological polar surface area (TPSA) is 114 Å². The lowest BCUT2D eigenvalue weighted by Gasteiger charge is -2.34. The number of nitrogens with zero attached hydrogens (tertiary/aromatic N) is 1. The molecule has 0 bridgehead atoms. The van der Waals surface area contributed by atoms with E-state index in [2.05, 4.69) is 10.6 Å². The molecular formula is C28H25Cl3N4O4. The van der Waals surface area contributed by atoms with Crippen LogP contribution in [0.3, 0.4) is 0 Å². The zero-order valence-corrected chi connectivity index (χ0v) is 22.9. The number of halogens is 3. The number of rotatable bonds is 6. The van der Waals surface area contributed by atoms with E-state index in [0.717, 1.165) is 5.56 Å². The van der Waals surface area contributed by atoms with Gasteiger partial charge in [-0.3, -0.25) is 9.59 Å². The van der Waals surface area contributed by atoms with E-state index in [1.165, 1.54) is 0 Å². The largest absolute Gasteiger partial charge is 0.446 e. The molecule has 5 rings (SSSR count). The number of amides is 3. The highest BCUT2D eigenvalue weighted by Crippen LogP contribution is 2.43. The number of piperidine rings is 1. The Labute approximate surface area is 240 Å². The summed E-state index contributed by atoms with van der Waals surface area (Å²) >= 11 is 18.9. The number of hydrogen-bond donors (Lipinski definition) is 3. The second-order valence-corrected chi connectivity index (χ2v) is 10.9. The molecule has 0 aliphatic carbocycles. The predicted octanol–water partition coefficient (Wildman–Crippen LogP) is 5.85. The average Bonchev–Trinajstić information content (AvgIpc) is 3.13. The van der Waals surface area contributed by atoms with Gasteiger partial charge in [-0.15, -0.1) is 0 Å². The standard InChI is InChI=1S/C28H25Cl3N4O4/c29-17-3-1-2-16(12-17)15-28(22-7-5-19(31)14-24(22)33-26(28)37)34-23-13-18(30)4-6-21(23)25(36)35-10-8-20(9-11-35)39-27(32)38/h1-7,12-14,20,34H,8-11,15H2,(H2,32,38)(H,33,37). The van der Waals surface area contributed by atoms with Gasteiger partial charge in [0.15, 0.2) is 0 Å². The summed E-state index contributed by atoms with van der Waals surface area (Å²) in [4.78, 5) is 40.2. The minimum absolute atomic E-state index is 0.237. The highest BCUT2D eigenvalue weighted by atomic mass is 35.5. The molecule has 3 amide bonds. The summed E-state index contributed by atoms with van der Waals surface area (Å²) in [5.41, 5.74) is 6.69. The van der Waals surface area contributed by atoms with Gasteiger partial charge in [0.1, 0.15) is 11.6 Å². The number of primary amides is 1. The molecule has 0 spiro atoms. The normalized spacial score (nSPS) is 18.8. The Balaban J connectivity index is 1.52. The van der Waals surface area contributed by atoms with Crippen molar-refractivity contribution in [2.24, 2.45) is 5.73 Å². The number of carbonyl (C=O) groups is 3. The molecule has 4 N–H and O–H groups in total. The Hall–Kier alpha value is -3.46.